The lowest BCUT2D eigenvalue weighted by Gasteiger charge is -2.16. The maximum Gasteiger partial charge on any atom is 0.240 e. The first-order valence-corrected chi connectivity index (χ1v) is 8.75. The van der Waals surface area contributed by atoms with Crippen LogP contribution in [-0.2, 0) is 16.1 Å². The minimum Gasteiger partial charge on any atom is -0.491 e. The quantitative estimate of drug-likeness (QED) is 0.750. The second kappa shape index (κ2) is 7.56. The Labute approximate surface area is 153 Å². The molecule has 1 saturated carbocycles. The Morgan fingerprint density at radius 1 is 1.15 bits per heavy atom. The third kappa shape index (κ3) is 4.20. The monoisotopic (exact) mass is 353 g/mol. The number of amides is 2. The molecule has 1 aliphatic carbocycles. The summed E-state index contributed by atoms with van der Waals surface area (Å²) in [4.78, 5) is 29.1. The molecule has 1 aliphatic rings. The molecule has 0 radical (unpaired) electrons. The van der Waals surface area contributed by atoms with E-state index in [2.05, 4.69) is 15.6 Å². The highest BCUT2D eigenvalue weighted by Crippen LogP contribution is 2.47. The summed E-state index contributed by atoms with van der Waals surface area (Å²) in [6.07, 6.45) is 4.59. The number of nitrogens with zero attached hydrogens (tertiary/aromatic N) is 1. The predicted molar refractivity (Wildman–Crippen MR) is 98.6 cm³/mol. The fourth-order valence-corrected chi connectivity index (χ4v) is 2.68. The average Bonchev–Trinajstić information content (AvgIpc) is 3.44. The summed E-state index contributed by atoms with van der Waals surface area (Å²) in [7, 11) is 0. The van der Waals surface area contributed by atoms with Crippen molar-refractivity contribution in [2.24, 2.45) is 5.41 Å². The van der Waals surface area contributed by atoms with Crippen molar-refractivity contribution >= 4 is 17.5 Å². The Morgan fingerprint density at radius 3 is 2.46 bits per heavy atom. The molecule has 1 heterocycles. The van der Waals surface area contributed by atoms with Crippen molar-refractivity contribution in [2.75, 3.05) is 5.32 Å². The number of benzene rings is 1. The zero-order chi connectivity index (χ0) is 18.6. The summed E-state index contributed by atoms with van der Waals surface area (Å²) in [5.41, 5.74) is 0.588. The van der Waals surface area contributed by atoms with Gasteiger partial charge >= 0.3 is 0 Å². The molecule has 2 amide bonds. The number of ether oxygens (including phenoxy) is 1. The Morgan fingerprint density at radius 2 is 1.88 bits per heavy atom. The summed E-state index contributed by atoms with van der Waals surface area (Å²) in [5, 5.41) is 5.68. The lowest BCUT2D eigenvalue weighted by atomic mass is 10.0. The summed E-state index contributed by atoms with van der Waals surface area (Å²) in [6, 6.07) is 10.9. The maximum absolute atomic E-state index is 12.6. The largest absolute Gasteiger partial charge is 0.491 e. The fourth-order valence-electron chi connectivity index (χ4n) is 2.68. The number of hydrogen-bond donors (Lipinski definition) is 2. The molecule has 2 aromatic rings. The van der Waals surface area contributed by atoms with E-state index in [-0.39, 0.29) is 17.9 Å². The van der Waals surface area contributed by atoms with Crippen LogP contribution in [0.1, 0.15) is 32.3 Å². The Balaban J connectivity index is 1.57. The second-order valence-corrected chi connectivity index (χ2v) is 6.77. The lowest BCUT2D eigenvalue weighted by Crippen LogP contribution is -2.39. The van der Waals surface area contributed by atoms with Gasteiger partial charge in [0.25, 0.3) is 0 Å². The highest BCUT2D eigenvalue weighted by molar-refractivity contribution is 6.13. The van der Waals surface area contributed by atoms with Gasteiger partial charge in [0.1, 0.15) is 11.2 Å². The minimum atomic E-state index is -0.963. The van der Waals surface area contributed by atoms with Gasteiger partial charge in [-0.25, -0.2) is 0 Å². The van der Waals surface area contributed by atoms with Gasteiger partial charge in [0, 0.05) is 24.6 Å². The number of anilines is 1. The summed E-state index contributed by atoms with van der Waals surface area (Å²) >= 11 is 0. The number of pyridine rings is 1. The van der Waals surface area contributed by atoms with E-state index in [1.165, 1.54) is 0 Å². The van der Waals surface area contributed by atoms with Crippen molar-refractivity contribution in [3.05, 3.63) is 54.4 Å². The number of rotatable bonds is 7. The molecule has 2 N–H and O–H groups in total. The lowest BCUT2D eigenvalue weighted by molar-refractivity contribution is -0.134. The van der Waals surface area contributed by atoms with Crippen LogP contribution >= 0.6 is 0 Å². The first kappa shape index (κ1) is 17.9. The van der Waals surface area contributed by atoms with Crippen LogP contribution in [0, 0.1) is 5.41 Å². The van der Waals surface area contributed by atoms with Crippen LogP contribution in [0.25, 0.3) is 0 Å². The number of nitrogens with one attached hydrogen (secondary N) is 2. The molecule has 0 saturated heterocycles. The van der Waals surface area contributed by atoms with Gasteiger partial charge in [0.15, 0.2) is 0 Å². The van der Waals surface area contributed by atoms with E-state index in [4.69, 9.17) is 4.74 Å². The molecule has 1 aromatic carbocycles. The minimum absolute atomic E-state index is 0.0914. The van der Waals surface area contributed by atoms with E-state index in [0.29, 0.717) is 25.1 Å². The molecular formula is C20H23N3O3. The van der Waals surface area contributed by atoms with Crippen LogP contribution in [0.15, 0.2) is 48.8 Å². The van der Waals surface area contributed by atoms with E-state index in [9.17, 15) is 9.59 Å². The van der Waals surface area contributed by atoms with Crippen molar-refractivity contribution in [3.63, 3.8) is 0 Å². The van der Waals surface area contributed by atoms with Gasteiger partial charge in [0.2, 0.25) is 11.8 Å². The van der Waals surface area contributed by atoms with Gasteiger partial charge in [-0.05, 0) is 62.6 Å². The Kier molecular flexibility index (Phi) is 5.21. The first-order chi connectivity index (χ1) is 12.5. The first-order valence-electron chi connectivity index (χ1n) is 8.75. The van der Waals surface area contributed by atoms with E-state index in [0.717, 1.165) is 11.3 Å². The summed E-state index contributed by atoms with van der Waals surface area (Å²) in [6.45, 7) is 4.27. The highest BCUT2D eigenvalue weighted by atomic mass is 16.5. The molecule has 6 heteroatoms. The second-order valence-electron chi connectivity index (χ2n) is 6.77. The third-order valence-electron chi connectivity index (χ3n) is 4.28. The SMILES string of the molecule is CC(C)Oc1ccc(NC(=O)C2(C(=O)NCc3cccnc3)CC2)cc1. The van der Waals surface area contributed by atoms with Crippen LogP contribution in [0.5, 0.6) is 5.75 Å². The molecule has 6 nitrogen and oxygen atoms in total. The number of carbonyl (C=O) groups is 2. The highest BCUT2D eigenvalue weighted by Gasteiger charge is 2.56. The van der Waals surface area contributed by atoms with Crippen LogP contribution in [-0.4, -0.2) is 22.9 Å². The molecule has 3 rings (SSSR count). The van der Waals surface area contributed by atoms with Gasteiger partial charge in [0.05, 0.1) is 6.10 Å². The molecule has 0 spiro atoms. The number of hydrogen-bond acceptors (Lipinski definition) is 4. The average molecular weight is 353 g/mol. The number of aromatic nitrogens is 1. The molecule has 0 atom stereocenters. The van der Waals surface area contributed by atoms with Gasteiger partial charge in [-0.2, -0.15) is 0 Å². The van der Waals surface area contributed by atoms with Crippen LogP contribution in [0.2, 0.25) is 0 Å². The zero-order valence-corrected chi connectivity index (χ0v) is 15.0. The molecule has 0 unspecified atom stereocenters. The van der Waals surface area contributed by atoms with Gasteiger partial charge in [-0.15, -0.1) is 0 Å². The number of carbonyl (C=O) groups excluding carboxylic acids is 2. The Bertz CT molecular complexity index is 769. The van der Waals surface area contributed by atoms with Crippen molar-refractivity contribution in [1.29, 1.82) is 0 Å². The summed E-state index contributed by atoms with van der Waals surface area (Å²) in [5.74, 6) is 0.241. The smallest absolute Gasteiger partial charge is 0.240 e. The zero-order valence-electron chi connectivity index (χ0n) is 15.0. The normalized spacial score (nSPS) is 14.6. The van der Waals surface area contributed by atoms with E-state index >= 15 is 0 Å². The van der Waals surface area contributed by atoms with Crippen LogP contribution in [0.3, 0.4) is 0 Å². The fraction of sp³-hybridized carbons (Fsp3) is 0.350. The molecular weight excluding hydrogens is 330 g/mol. The standard InChI is InChI=1S/C20H23N3O3/c1-14(2)26-17-7-5-16(6-8-17)23-19(25)20(9-10-20)18(24)22-13-15-4-3-11-21-12-15/h3-8,11-12,14H,9-10,13H2,1-2H3,(H,22,24)(H,23,25). The van der Waals surface area contributed by atoms with E-state index in [1.54, 1.807) is 36.7 Å². The van der Waals surface area contributed by atoms with Crippen molar-refractivity contribution in [2.45, 2.75) is 39.3 Å². The van der Waals surface area contributed by atoms with Gasteiger partial charge in [-0.1, -0.05) is 6.07 Å². The van der Waals surface area contributed by atoms with Crippen molar-refractivity contribution < 1.29 is 14.3 Å². The summed E-state index contributed by atoms with van der Waals surface area (Å²) < 4.78 is 5.58. The van der Waals surface area contributed by atoms with Crippen LogP contribution in [0.4, 0.5) is 5.69 Å². The van der Waals surface area contributed by atoms with Crippen LogP contribution < -0.4 is 15.4 Å². The van der Waals surface area contributed by atoms with E-state index < -0.39 is 5.41 Å². The molecule has 136 valence electrons. The Hall–Kier alpha value is -2.89. The van der Waals surface area contributed by atoms with Gasteiger partial charge < -0.3 is 15.4 Å². The molecule has 26 heavy (non-hydrogen) atoms. The molecule has 0 bridgehead atoms. The van der Waals surface area contributed by atoms with Gasteiger partial charge in [-0.3, -0.25) is 14.6 Å². The van der Waals surface area contributed by atoms with Crippen molar-refractivity contribution in [1.82, 2.24) is 10.3 Å². The molecule has 1 fully saturated rings. The van der Waals surface area contributed by atoms with Crippen molar-refractivity contribution in [3.8, 4) is 5.75 Å². The predicted octanol–water partition coefficient (Wildman–Crippen LogP) is 2.90. The third-order valence-corrected chi connectivity index (χ3v) is 4.28. The topological polar surface area (TPSA) is 80.3 Å². The van der Waals surface area contributed by atoms with E-state index in [1.807, 2.05) is 26.0 Å². The molecule has 1 aromatic heterocycles. The maximum atomic E-state index is 12.6. The molecule has 0 aliphatic heterocycles.